The van der Waals surface area contributed by atoms with Crippen LogP contribution < -0.4 is 0 Å². The third-order valence-corrected chi connectivity index (χ3v) is 1.81. The summed E-state index contributed by atoms with van der Waals surface area (Å²) in [5.74, 6) is 0. The van der Waals surface area contributed by atoms with Crippen LogP contribution in [-0.2, 0) is 4.74 Å². The molecule has 1 aliphatic heterocycles. The van der Waals surface area contributed by atoms with Crippen molar-refractivity contribution in [3.63, 3.8) is 0 Å². The Balaban J connectivity index is 2.24. The standard InChI is InChI=1S/C7H11NOS/c1-6-2-3-7(9-6)4-8-5-10/h6-7H,2-4H2,1H3. The van der Waals surface area contributed by atoms with Crippen LogP contribution in [0.4, 0.5) is 0 Å². The van der Waals surface area contributed by atoms with E-state index >= 15 is 0 Å². The van der Waals surface area contributed by atoms with Crippen LogP contribution >= 0.6 is 12.2 Å². The van der Waals surface area contributed by atoms with Crippen LogP contribution in [0.5, 0.6) is 0 Å². The maximum absolute atomic E-state index is 5.48. The van der Waals surface area contributed by atoms with Crippen molar-refractivity contribution in [2.75, 3.05) is 6.54 Å². The average molecular weight is 157 g/mol. The first-order valence-electron chi connectivity index (χ1n) is 3.52. The number of rotatable bonds is 2. The quantitative estimate of drug-likeness (QED) is 0.449. The van der Waals surface area contributed by atoms with E-state index in [1.54, 1.807) is 0 Å². The van der Waals surface area contributed by atoms with Crippen LogP contribution in [0.1, 0.15) is 19.8 Å². The highest BCUT2D eigenvalue weighted by Crippen LogP contribution is 2.18. The van der Waals surface area contributed by atoms with Crippen molar-refractivity contribution in [2.45, 2.75) is 32.0 Å². The van der Waals surface area contributed by atoms with Crippen molar-refractivity contribution in [3.8, 4) is 0 Å². The monoisotopic (exact) mass is 157 g/mol. The Kier molecular flexibility index (Phi) is 3.00. The van der Waals surface area contributed by atoms with E-state index in [0.717, 1.165) is 12.8 Å². The Labute approximate surface area is 66.3 Å². The predicted octanol–water partition coefficient (Wildman–Crippen LogP) is 1.66. The molecule has 0 saturated carbocycles. The second-order valence-corrected chi connectivity index (χ2v) is 2.76. The van der Waals surface area contributed by atoms with Gasteiger partial charge in [-0.3, -0.25) is 0 Å². The average Bonchev–Trinajstić information content (AvgIpc) is 2.31. The summed E-state index contributed by atoms with van der Waals surface area (Å²) in [6.45, 7) is 2.77. The number of hydrogen-bond acceptors (Lipinski definition) is 3. The van der Waals surface area contributed by atoms with Gasteiger partial charge in [0, 0.05) is 0 Å². The Bertz CT molecular complexity index is 154. The zero-order valence-corrected chi connectivity index (χ0v) is 6.86. The van der Waals surface area contributed by atoms with Crippen molar-refractivity contribution < 1.29 is 4.74 Å². The Morgan fingerprint density at radius 3 is 3.00 bits per heavy atom. The molecule has 0 aromatic rings. The number of ether oxygens (including phenoxy) is 1. The molecule has 10 heavy (non-hydrogen) atoms. The SMILES string of the molecule is CC1CCC(CN=C=S)O1. The smallest absolute Gasteiger partial charge is 0.0782 e. The Morgan fingerprint density at radius 1 is 1.70 bits per heavy atom. The molecule has 0 aromatic carbocycles. The summed E-state index contributed by atoms with van der Waals surface area (Å²) in [6.07, 6.45) is 2.97. The number of thiocarbonyl (C=S) groups is 1. The van der Waals surface area contributed by atoms with Crippen LogP contribution in [0.15, 0.2) is 4.99 Å². The van der Waals surface area contributed by atoms with Gasteiger partial charge in [-0.25, -0.2) is 4.99 Å². The van der Waals surface area contributed by atoms with E-state index < -0.39 is 0 Å². The lowest BCUT2D eigenvalue weighted by Crippen LogP contribution is -2.11. The van der Waals surface area contributed by atoms with Crippen LogP contribution in [-0.4, -0.2) is 23.9 Å². The lowest BCUT2D eigenvalue weighted by atomic mass is 10.2. The summed E-state index contributed by atoms with van der Waals surface area (Å²) < 4.78 is 5.48. The normalized spacial score (nSPS) is 31.7. The van der Waals surface area contributed by atoms with Gasteiger partial charge in [-0.1, -0.05) is 0 Å². The molecule has 1 fully saturated rings. The van der Waals surface area contributed by atoms with Crippen molar-refractivity contribution in [1.82, 2.24) is 0 Å². The molecule has 3 heteroatoms. The fraction of sp³-hybridized carbons (Fsp3) is 0.857. The summed E-state index contributed by atoms with van der Waals surface area (Å²) in [7, 11) is 0. The second-order valence-electron chi connectivity index (χ2n) is 2.58. The molecule has 0 N–H and O–H groups in total. The number of isothiocyanates is 1. The molecule has 0 bridgehead atoms. The Hall–Kier alpha value is -0.240. The molecule has 1 aliphatic rings. The highest BCUT2D eigenvalue weighted by Gasteiger charge is 2.20. The molecular weight excluding hydrogens is 146 g/mol. The fourth-order valence-corrected chi connectivity index (χ4v) is 1.23. The van der Waals surface area contributed by atoms with Gasteiger partial charge < -0.3 is 4.74 Å². The van der Waals surface area contributed by atoms with Gasteiger partial charge in [0.05, 0.1) is 23.9 Å². The highest BCUT2D eigenvalue weighted by atomic mass is 32.1. The van der Waals surface area contributed by atoms with E-state index in [9.17, 15) is 0 Å². The van der Waals surface area contributed by atoms with Gasteiger partial charge >= 0.3 is 0 Å². The molecule has 0 aliphatic carbocycles. The summed E-state index contributed by atoms with van der Waals surface area (Å²) in [5.41, 5.74) is 0. The van der Waals surface area contributed by atoms with Crippen molar-refractivity contribution in [2.24, 2.45) is 4.99 Å². The van der Waals surface area contributed by atoms with Crippen LogP contribution in [0.2, 0.25) is 0 Å². The van der Waals surface area contributed by atoms with E-state index in [-0.39, 0.29) is 0 Å². The largest absolute Gasteiger partial charge is 0.373 e. The van der Waals surface area contributed by atoms with Crippen LogP contribution in [0.25, 0.3) is 0 Å². The zero-order valence-electron chi connectivity index (χ0n) is 6.04. The van der Waals surface area contributed by atoms with Gasteiger partial charge in [0.1, 0.15) is 0 Å². The number of nitrogens with zero attached hydrogens (tertiary/aromatic N) is 1. The molecule has 0 radical (unpaired) electrons. The zero-order chi connectivity index (χ0) is 7.40. The van der Waals surface area contributed by atoms with E-state index in [1.807, 2.05) is 0 Å². The van der Waals surface area contributed by atoms with E-state index in [4.69, 9.17) is 4.74 Å². The topological polar surface area (TPSA) is 21.6 Å². The molecular formula is C7H11NOS. The summed E-state index contributed by atoms with van der Waals surface area (Å²) >= 11 is 4.44. The first kappa shape index (κ1) is 7.86. The first-order chi connectivity index (χ1) is 4.83. The molecule has 1 rings (SSSR count). The van der Waals surface area contributed by atoms with Crippen molar-refractivity contribution >= 4 is 17.4 Å². The second kappa shape index (κ2) is 3.81. The molecule has 1 saturated heterocycles. The summed E-state index contributed by atoms with van der Waals surface area (Å²) in [6, 6.07) is 0. The van der Waals surface area contributed by atoms with Gasteiger partial charge in [0.2, 0.25) is 0 Å². The van der Waals surface area contributed by atoms with Gasteiger partial charge in [-0.05, 0) is 32.0 Å². The Morgan fingerprint density at radius 2 is 2.50 bits per heavy atom. The molecule has 2 unspecified atom stereocenters. The van der Waals surface area contributed by atoms with E-state index in [1.165, 1.54) is 0 Å². The van der Waals surface area contributed by atoms with Gasteiger partial charge in [-0.2, -0.15) is 0 Å². The first-order valence-corrected chi connectivity index (χ1v) is 3.93. The minimum Gasteiger partial charge on any atom is -0.373 e. The van der Waals surface area contributed by atoms with Crippen LogP contribution in [0, 0.1) is 0 Å². The van der Waals surface area contributed by atoms with Crippen molar-refractivity contribution in [1.29, 1.82) is 0 Å². The predicted molar refractivity (Wildman–Crippen MR) is 43.5 cm³/mol. The summed E-state index contributed by atoms with van der Waals surface area (Å²) in [4.78, 5) is 3.83. The summed E-state index contributed by atoms with van der Waals surface area (Å²) in [5, 5.41) is 2.34. The molecule has 2 atom stereocenters. The highest BCUT2D eigenvalue weighted by molar-refractivity contribution is 7.78. The fourth-order valence-electron chi connectivity index (χ4n) is 1.16. The van der Waals surface area contributed by atoms with E-state index in [2.05, 4.69) is 29.3 Å². The molecule has 0 aromatic heterocycles. The minimum atomic E-state index is 0.297. The molecule has 2 nitrogen and oxygen atoms in total. The number of aliphatic imine (C=N–C) groups is 1. The minimum absolute atomic E-state index is 0.297. The molecule has 0 spiro atoms. The molecule has 1 heterocycles. The molecule has 56 valence electrons. The van der Waals surface area contributed by atoms with Gasteiger partial charge in [-0.15, -0.1) is 0 Å². The third kappa shape index (κ3) is 2.18. The maximum atomic E-state index is 5.48. The van der Waals surface area contributed by atoms with Crippen LogP contribution in [0.3, 0.4) is 0 Å². The number of hydrogen-bond donors (Lipinski definition) is 0. The maximum Gasteiger partial charge on any atom is 0.0782 e. The van der Waals surface area contributed by atoms with Gasteiger partial charge in [0.15, 0.2) is 0 Å². The lowest BCUT2D eigenvalue weighted by molar-refractivity contribution is 0.0617. The van der Waals surface area contributed by atoms with E-state index in [0.29, 0.717) is 18.8 Å². The molecule has 0 amide bonds. The van der Waals surface area contributed by atoms with Gasteiger partial charge in [0.25, 0.3) is 0 Å². The van der Waals surface area contributed by atoms with Crippen molar-refractivity contribution in [3.05, 3.63) is 0 Å². The lowest BCUT2D eigenvalue weighted by Gasteiger charge is -2.05. The third-order valence-electron chi connectivity index (χ3n) is 1.68.